The second-order valence-electron chi connectivity index (χ2n) is 5.56. The van der Waals surface area contributed by atoms with Crippen LogP contribution in [-0.2, 0) is 0 Å². The molecule has 0 unspecified atom stereocenters. The van der Waals surface area contributed by atoms with Gasteiger partial charge in [0, 0.05) is 16.7 Å². The first-order valence-electron chi connectivity index (χ1n) is 7.32. The summed E-state index contributed by atoms with van der Waals surface area (Å²) in [6.45, 7) is 4.94. The van der Waals surface area contributed by atoms with Crippen LogP contribution in [0.25, 0.3) is 0 Å². The summed E-state index contributed by atoms with van der Waals surface area (Å²) in [5.41, 5.74) is 2.04. The normalized spacial score (nSPS) is 15.7. The van der Waals surface area contributed by atoms with Crippen molar-refractivity contribution in [2.24, 2.45) is 5.92 Å². The number of halogens is 2. The number of nitrogens with zero attached hydrogens (tertiary/aromatic N) is 1. The van der Waals surface area contributed by atoms with Crippen LogP contribution >= 0.6 is 35.0 Å². The Morgan fingerprint density at radius 1 is 1.38 bits per heavy atom. The van der Waals surface area contributed by atoms with Crippen LogP contribution in [-0.4, -0.2) is 37.5 Å². The molecule has 2 rings (SSSR count). The van der Waals surface area contributed by atoms with Crippen LogP contribution in [0, 0.1) is 16.4 Å². The van der Waals surface area contributed by atoms with Crippen molar-refractivity contribution < 1.29 is 4.79 Å². The third-order valence-corrected chi connectivity index (χ3v) is 5.56. The van der Waals surface area contributed by atoms with Gasteiger partial charge in [-0.3, -0.25) is 4.79 Å². The Kier molecular flexibility index (Phi) is 7.98. The first-order chi connectivity index (χ1) is 9.63. The fraction of sp³-hybridized carbons (Fsp3) is 0.562. The van der Waals surface area contributed by atoms with Crippen molar-refractivity contribution in [3.05, 3.63) is 32.9 Å². The van der Waals surface area contributed by atoms with Gasteiger partial charge in [0.25, 0.3) is 5.91 Å². The van der Waals surface area contributed by atoms with Gasteiger partial charge in [0.1, 0.15) is 0 Å². The van der Waals surface area contributed by atoms with E-state index in [-0.39, 0.29) is 18.3 Å². The Bertz CT molecular complexity index is 473. The molecule has 1 aromatic rings. The lowest BCUT2D eigenvalue weighted by atomic mass is 9.93. The van der Waals surface area contributed by atoms with E-state index in [2.05, 4.69) is 40.9 Å². The summed E-state index contributed by atoms with van der Waals surface area (Å²) in [5, 5.41) is 3.21. The number of carbonyl (C=O) groups excluding carboxylic acids is 1. The van der Waals surface area contributed by atoms with Crippen molar-refractivity contribution in [1.82, 2.24) is 10.2 Å². The molecule has 1 fully saturated rings. The molecule has 0 aliphatic carbocycles. The van der Waals surface area contributed by atoms with E-state index in [4.69, 9.17) is 0 Å². The molecule has 3 nitrogen and oxygen atoms in total. The van der Waals surface area contributed by atoms with Gasteiger partial charge in [0.15, 0.2) is 0 Å². The van der Waals surface area contributed by atoms with Gasteiger partial charge in [-0.25, -0.2) is 0 Å². The number of hydrogen-bond acceptors (Lipinski definition) is 2. The van der Waals surface area contributed by atoms with Crippen molar-refractivity contribution in [2.75, 3.05) is 26.7 Å². The predicted molar refractivity (Wildman–Crippen MR) is 98.3 cm³/mol. The van der Waals surface area contributed by atoms with E-state index >= 15 is 0 Å². The number of aryl methyl sites for hydroxylation is 1. The van der Waals surface area contributed by atoms with Crippen LogP contribution in [0.4, 0.5) is 0 Å². The summed E-state index contributed by atoms with van der Waals surface area (Å²) < 4.78 is 1.09. The third-order valence-electron chi connectivity index (χ3n) is 4.13. The molecule has 1 N–H and O–H groups in total. The van der Waals surface area contributed by atoms with Crippen LogP contribution in [0.3, 0.4) is 0 Å². The predicted octanol–water partition coefficient (Wildman–Crippen LogP) is 3.48. The van der Waals surface area contributed by atoms with E-state index < -0.39 is 0 Å². The van der Waals surface area contributed by atoms with Crippen molar-refractivity contribution in [1.29, 1.82) is 0 Å². The highest BCUT2D eigenvalue weighted by atomic mass is 127. The van der Waals surface area contributed by atoms with E-state index in [1.54, 1.807) is 0 Å². The lowest BCUT2D eigenvalue weighted by molar-refractivity contribution is 0.0686. The maximum atomic E-state index is 12.6. The number of hydrogen-bond donors (Lipinski definition) is 1. The fourth-order valence-electron chi connectivity index (χ4n) is 2.76. The number of piperidine rings is 1. The first-order valence-corrected chi connectivity index (χ1v) is 8.40. The van der Waals surface area contributed by atoms with Gasteiger partial charge in [-0.1, -0.05) is 12.1 Å². The van der Waals surface area contributed by atoms with E-state index in [0.717, 1.165) is 47.5 Å². The quantitative estimate of drug-likeness (QED) is 0.754. The molecule has 0 bridgehead atoms. The van der Waals surface area contributed by atoms with Crippen LogP contribution < -0.4 is 5.32 Å². The van der Waals surface area contributed by atoms with Gasteiger partial charge >= 0.3 is 0 Å². The van der Waals surface area contributed by atoms with Gasteiger partial charge in [-0.2, -0.15) is 0 Å². The second-order valence-corrected chi connectivity index (χ2v) is 6.64. The van der Waals surface area contributed by atoms with Gasteiger partial charge in [-0.15, -0.1) is 12.4 Å². The Balaban J connectivity index is 0.00000220. The van der Waals surface area contributed by atoms with Crippen LogP contribution in [0.5, 0.6) is 0 Å². The maximum Gasteiger partial charge on any atom is 0.254 e. The zero-order valence-electron chi connectivity index (χ0n) is 12.7. The molecule has 1 aliphatic heterocycles. The molecule has 1 aromatic carbocycles. The highest BCUT2D eigenvalue weighted by Gasteiger charge is 2.24. The summed E-state index contributed by atoms with van der Waals surface area (Å²) in [6, 6.07) is 5.98. The molecule has 0 saturated carbocycles. The minimum absolute atomic E-state index is 0. The van der Waals surface area contributed by atoms with Crippen molar-refractivity contribution >= 4 is 40.9 Å². The van der Waals surface area contributed by atoms with Crippen molar-refractivity contribution in [2.45, 2.75) is 26.2 Å². The summed E-state index contributed by atoms with van der Waals surface area (Å²) in [6.07, 6.45) is 3.49. The minimum Gasteiger partial charge on any atom is -0.339 e. The molecular formula is C16H24ClIN2O. The van der Waals surface area contributed by atoms with E-state index in [1.165, 1.54) is 12.0 Å². The number of benzene rings is 1. The van der Waals surface area contributed by atoms with Gasteiger partial charge in [-0.05, 0) is 79.9 Å². The number of rotatable bonds is 4. The Morgan fingerprint density at radius 3 is 2.67 bits per heavy atom. The maximum absolute atomic E-state index is 12.6. The molecule has 0 spiro atoms. The van der Waals surface area contributed by atoms with Crippen molar-refractivity contribution in [3.63, 3.8) is 0 Å². The average Bonchev–Trinajstić information content (AvgIpc) is 2.48. The third kappa shape index (κ3) is 4.83. The largest absolute Gasteiger partial charge is 0.339 e. The average molecular weight is 423 g/mol. The SMILES string of the molecule is CNCCC1CCN(C(=O)c2cccc(C)c2I)CC1.Cl. The smallest absolute Gasteiger partial charge is 0.254 e. The molecule has 21 heavy (non-hydrogen) atoms. The zero-order valence-corrected chi connectivity index (χ0v) is 15.7. The number of nitrogens with one attached hydrogen (secondary N) is 1. The molecule has 5 heteroatoms. The summed E-state index contributed by atoms with van der Waals surface area (Å²) in [4.78, 5) is 14.6. The number of likely N-dealkylation sites (tertiary alicyclic amines) is 1. The zero-order chi connectivity index (χ0) is 14.5. The van der Waals surface area contributed by atoms with Gasteiger partial charge < -0.3 is 10.2 Å². The van der Waals surface area contributed by atoms with E-state index in [0.29, 0.717) is 0 Å². The lowest BCUT2D eigenvalue weighted by Crippen LogP contribution is -2.39. The Labute approximate surface area is 147 Å². The molecule has 1 aliphatic rings. The topological polar surface area (TPSA) is 32.3 Å². The molecule has 118 valence electrons. The van der Waals surface area contributed by atoms with Gasteiger partial charge in [0.2, 0.25) is 0 Å². The molecular weight excluding hydrogens is 399 g/mol. The lowest BCUT2D eigenvalue weighted by Gasteiger charge is -2.32. The molecule has 1 amide bonds. The number of amides is 1. The summed E-state index contributed by atoms with van der Waals surface area (Å²) >= 11 is 2.28. The monoisotopic (exact) mass is 422 g/mol. The highest BCUT2D eigenvalue weighted by molar-refractivity contribution is 14.1. The minimum atomic E-state index is 0. The summed E-state index contributed by atoms with van der Waals surface area (Å²) in [7, 11) is 2.00. The van der Waals surface area contributed by atoms with E-state index in [9.17, 15) is 4.79 Å². The molecule has 0 atom stereocenters. The first kappa shape index (κ1) is 18.7. The van der Waals surface area contributed by atoms with Gasteiger partial charge in [0.05, 0.1) is 5.56 Å². The molecule has 1 heterocycles. The molecule has 1 saturated heterocycles. The fourth-order valence-corrected chi connectivity index (χ4v) is 3.35. The molecule has 0 radical (unpaired) electrons. The standard InChI is InChI=1S/C16H23IN2O.ClH/c1-12-4-3-5-14(15(12)17)16(20)19-10-7-13(8-11-19)6-9-18-2;/h3-5,13,18H,6-11H2,1-2H3;1H. The summed E-state index contributed by atoms with van der Waals surface area (Å²) in [5.74, 6) is 0.966. The van der Waals surface area contributed by atoms with E-state index in [1.807, 2.05) is 24.1 Å². The highest BCUT2D eigenvalue weighted by Crippen LogP contribution is 2.24. The Hall–Kier alpha value is -0.330. The molecule has 0 aromatic heterocycles. The van der Waals surface area contributed by atoms with Crippen LogP contribution in [0.1, 0.15) is 35.2 Å². The van der Waals surface area contributed by atoms with Crippen molar-refractivity contribution in [3.8, 4) is 0 Å². The second kappa shape index (κ2) is 8.96. The Morgan fingerprint density at radius 2 is 2.05 bits per heavy atom. The number of carbonyl (C=O) groups is 1. The van der Waals surface area contributed by atoms with Crippen LogP contribution in [0.2, 0.25) is 0 Å². The van der Waals surface area contributed by atoms with Crippen LogP contribution in [0.15, 0.2) is 18.2 Å².